The first-order valence-corrected chi connectivity index (χ1v) is 13.1. The van der Waals surface area contributed by atoms with Crippen LogP contribution in [0.1, 0.15) is 28.1 Å². The van der Waals surface area contributed by atoms with Gasteiger partial charge in [0, 0.05) is 5.56 Å². The highest BCUT2D eigenvalue weighted by Crippen LogP contribution is 2.32. The van der Waals surface area contributed by atoms with Crippen molar-refractivity contribution in [1.29, 1.82) is 0 Å². The Kier molecular flexibility index (Phi) is 8.38. The van der Waals surface area contributed by atoms with Crippen molar-refractivity contribution in [3.05, 3.63) is 134 Å². The summed E-state index contributed by atoms with van der Waals surface area (Å²) in [7, 11) is 0. The van der Waals surface area contributed by atoms with Gasteiger partial charge in [-0.05, 0) is 60.0 Å². The van der Waals surface area contributed by atoms with Crippen LogP contribution in [-0.2, 0) is 30.7 Å². The van der Waals surface area contributed by atoms with Crippen LogP contribution < -0.4 is 16.2 Å². The van der Waals surface area contributed by atoms with Gasteiger partial charge in [0.1, 0.15) is 30.4 Å². The van der Waals surface area contributed by atoms with Crippen molar-refractivity contribution in [2.75, 3.05) is 0 Å². The van der Waals surface area contributed by atoms with Crippen molar-refractivity contribution >= 4 is 11.5 Å². The fourth-order valence-electron chi connectivity index (χ4n) is 4.36. The molecule has 0 saturated carbocycles. The second-order valence-corrected chi connectivity index (χ2v) is 9.58. The minimum Gasteiger partial charge on any atom is -0.487 e. The molecule has 0 bridgehead atoms. The third kappa shape index (κ3) is 6.72. The van der Waals surface area contributed by atoms with Gasteiger partial charge >= 0.3 is 23.6 Å². The van der Waals surface area contributed by atoms with Crippen LogP contribution in [0.2, 0.25) is 0 Å². The van der Waals surface area contributed by atoms with Gasteiger partial charge in [-0.25, -0.2) is 19.1 Å². The summed E-state index contributed by atoms with van der Waals surface area (Å²) < 4.78 is 56.6. The first-order chi connectivity index (χ1) is 21.0. The molecule has 0 radical (unpaired) electrons. The smallest absolute Gasteiger partial charge is 0.443 e. The number of alkyl halides is 3. The van der Waals surface area contributed by atoms with Gasteiger partial charge in [-0.3, -0.25) is 4.79 Å². The number of rotatable bonds is 10. The van der Waals surface area contributed by atoms with E-state index >= 15 is 0 Å². The Bertz CT molecular complexity index is 1930. The van der Waals surface area contributed by atoms with Gasteiger partial charge in [-0.15, -0.1) is 4.74 Å². The summed E-state index contributed by atoms with van der Waals surface area (Å²) in [5, 5.41) is 8.97. The minimum absolute atomic E-state index is 0.0153. The molecule has 5 aromatic rings. The molecule has 0 spiro atoms. The van der Waals surface area contributed by atoms with Crippen LogP contribution in [0.3, 0.4) is 0 Å². The molecule has 0 aliphatic heterocycles. The lowest BCUT2D eigenvalue weighted by Gasteiger charge is -2.11. The van der Waals surface area contributed by atoms with Gasteiger partial charge in [0.2, 0.25) is 5.89 Å². The summed E-state index contributed by atoms with van der Waals surface area (Å²) in [4.78, 5) is 39.9. The molecule has 1 N–H and O–H groups in total. The average molecular weight is 608 g/mol. The molecule has 5 rings (SSSR count). The molecule has 10 nitrogen and oxygen atoms in total. The molecule has 226 valence electrons. The number of allylic oxidation sites excluding steroid dienone is 1. The molecule has 0 aliphatic carbocycles. The summed E-state index contributed by atoms with van der Waals surface area (Å²) in [5.74, 6) is -1.35. The number of nitrogens with zero attached hydrogens (tertiary/aromatic N) is 3. The summed E-state index contributed by atoms with van der Waals surface area (Å²) >= 11 is 0. The van der Waals surface area contributed by atoms with Gasteiger partial charge in [0.25, 0.3) is 0 Å². The predicted molar refractivity (Wildman–Crippen MR) is 151 cm³/mol. The normalized spacial score (nSPS) is 12.0. The summed E-state index contributed by atoms with van der Waals surface area (Å²) in [6.45, 7) is 0.720. The highest BCUT2D eigenvalue weighted by atomic mass is 19.4. The Balaban J connectivity index is 1.37. The van der Waals surface area contributed by atoms with Gasteiger partial charge in [-0.1, -0.05) is 48.5 Å². The molecule has 44 heavy (non-hydrogen) atoms. The summed E-state index contributed by atoms with van der Waals surface area (Å²) in [6.07, 6.45) is -2.78. The number of benzene rings is 3. The zero-order valence-electron chi connectivity index (χ0n) is 23.1. The van der Waals surface area contributed by atoms with Crippen LogP contribution in [0.5, 0.6) is 5.75 Å². The lowest BCUT2D eigenvalue weighted by molar-refractivity contribution is -0.138. The predicted octanol–water partition coefficient (Wildman–Crippen LogP) is 5.38. The van der Waals surface area contributed by atoms with Crippen molar-refractivity contribution in [2.45, 2.75) is 32.8 Å². The highest BCUT2D eigenvalue weighted by molar-refractivity contribution is 5.80. The molecular formula is C31H24F3N3O7. The van der Waals surface area contributed by atoms with Crippen molar-refractivity contribution < 1.29 is 36.7 Å². The molecule has 2 heterocycles. The quantitative estimate of drug-likeness (QED) is 0.224. The van der Waals surface area contributed by atoms with Crippen molar-refractivity contribution in [3.8, 4) is 17.2 Å². The van der Waals surface area contributed by atoms with E-state index < -0.39 is 35.7 Å². The largest absolute Gasteiger partial charge is 0.487 e. The first-order valence-electron chi connectivity index (χ1n) is 13.1. The topological polar surface area (TPSA) is 130 Å². The molecule has 0 fully saturated rings. The van der Waals surface area contributed by atoms with E-state index in [9.17, 15) is 27.6 Å². The molecule has 3 aromatic carbocycles. The maximum absolute atomic E-state index is 12.9. The number of aliphatic carboxylic acids is 1. The fourth-order valence-corrected chi connectivity index (χ4v) is 4.36. The van der Waals surface area contributed by atoms with Crippen LogP contribution in [0.4, 0.5) is 13.2 Å². The average Bonchev–Trinajstić information content (AvgIpc) is 3.50. The van der Waals surface area contributed by atoms with E-state index in [0.717, 1.165) is 22.4 Å². The Morgan fingerprint density at radius 1 is 1.00 bits per heavy atom. The SMILES string of the molecule is Cc1oc(-c2ccc(C(F)(F)F)cc2)nc1COc1cccc(/C(=C/Cn2oc(=O)n(CC(=O)O)c2=O)c2ccccc2)c1. The van der Waals surface area contributed by atoms with Crippen LogP contribution >= 0.6 is 0 Å². The number of carboxylic acid groups (broad SMARTS) is 1. The van der Waals surface area contributed by atoms with E-state index in [1.54, 1.807) is 31.2 Å². The number of oxazole rings is 1. The molecular weight excluding hydrogens is 583 g/mol. The van der Waals surface area contributed by atoms with E-state index in [-0.39, 0.29) is 19.0 Å². The zero-order chi connectivity index (χ0) is 31.4. The Labute approximate surface area is 246 Å². The van der Waals surface area contributed by atoms with E-state index in [4.69, 9.17) is 18.8 Å². The van der Waals surface area contributed by atoms with E-state index in [1.807, 2.05) is 36.4 Å². The van der Waals surface area contributed by atoms with Crippen LogP contribution in [-0.4, -0.2) is 25.4 Å². The molecule has 13 heteroatoms. The number of aryl methyl sites for hydroxylation is 1. The standard InChI is InChI=1S/C31H24F3N3O7/c1-19-26(35-28(43-19)21-10-12-23(13-11-21)31(32,33)34)18-42-24-9-5-8-22(16-24)25(20-6-3-2-4-7-20)14-15-37-29(40)36(17-27(38)39)30(41)44-37/h2-14,16H,15,17-18H2,1H3,(H,38,39)/b25-14+. The van der Waals surface area contributed by atoms with Crippen molar-refractivity contribution in [3.63, 3.8) is 0 Å². The number of carboxylic acids is 1. The van der Waals surface area contributed by atoms with E-state index in [1.165, 1.54) is 12.1 Å². The highest BCUT2D eigenvalue weighted by Gasteiger charge is 2.30. The van der Waals surface area contributed by atoms with E-state index in [2.05, 4.69) is 4.98 Å². The maximum atomic E-state index is 12.9. The fraction of sp³-hybridized carbons (Fsp3) is 0.161. The molecule has 0 atom stereocenters. The van der Waals surface area contributed by atoms with Gasteiger partial charge < -0.3 is 18.8 Å². The Morgan fingerprint density at radius 2 is 1.70 bits per heavy atom. The van der Waals surface area contributed by atoms with Crippen LogP contribution in [0, 0.1) is 6.92 Å². The minimum atomic E-state index is -4.45. The molecule has 0 amide bonds. The Hall–Kier alpha value is -5.59. The molecule has 0 aliphatic rings. The molecule has 2 aromatic heterocycles. The first kappa shape index (κ1) is 29.9. The summed E-state index contributed by atoms with van der Waals surface area (Å²) in [5.41, 5.74) is 1.36. The third-order valence-electron chi connectivity index (χ3n) is 6.56. The molecule has 0 saturated heterocycles. The number of hydrogen-bond acceptors (Lipinski definition) is 7. The number of halogens is 3. The maximum Gasteiger partial charge on any atom is 0.443 e. The molecule has 0 unspecified atom stereocenters. The monoisotopic (exact) mass is 607 g/mol. The van der Waals surface area contributed by atoms with Crippen molar-refractivity contribution in [2.24, 2.45) is 0 Å². The number of hydrogen-bond donors (Lipinski definition) is 1. The second kappa shape index (κ2) is 12.3. The van der Waals surface area contributed by atoms with Crippen LogP contribution in [0.15, 0.2) is 103 Å². The second-order valence-electron chi connectivity index (χ2n) is 9.58. The summed E-state index contributed by atoms with van der Waals surface area (Å²) in [6, 6.07) is 20.8. The Morgan fingerprint density at radius 3 is 2.39 bits per heavy atom. The van der Waals surface area contributed by atoms with Gasteiger partial charge in [0.05, 0.1) is 12.1 Å². The third-order valence-corrected chi connectivity index (χ3v) is 6.56. The number of ether oxygens (including phenoxy) is 1. The van der Waals surface area contributed by atoms with Gasteiger partial charge in [-0.2, -0.15) is 13.2 Å². The van der Waals surface area contributed by atoms with Crippen LogP contribution in [0.25, 0.3) is 17.0 Å². The lowest BCUT2D eigenvalue weighted by Crippen LogP contribution is -2.31. The van der Waals surface area contributed by atoms with E-state index in [0.29, 0.717) is 38.5 Å². The van der Waals surface area contributed by atoms with Crippen molar-refractivity contribution in [1.82, 2.24) is 14.3 Å². The van der Waals surface area contributed by atoms with Gasteiger partial charge in [0.15, 0.2) is 0 Å². The zero-order valence-corrected chi connectivity index (χ0v) is 23.1. The number of aromatic nitrogens is 3. The lowest BCUT2D eigenvalue weighted by atomic mass is 9.97. The number of carbonyl (C=O) groups is 1.